The fourth-order valence-corrected chi connectivity index (χ4v) is 1.95. The summed E-state index contributed by atoms with van der Waals surface area (Å²) in [5.74, 6) is 1.74. The monoisotopic (exact) mass is 272 g/mol. The van der Waals surface area contributed by atoms with Gasteiger partial charge in [-0.2, -0.15) is 0 Å². The van der Waals surface area contributed by atoms with Crippen LogP contribution in [0.4, 0.5) is 11.6 Å². The van der Waals surface area contributed by atoms with E-state index in [9.17, 15) is 0 Å². The molecule has 84 valence electrons. The molecule has 1 atom stereocenters. The van der Waals surface area contributed by atoms with Gasteiger partial charge < -0.3 is 10.2 Å². The fraction of sp³-hybridized carbons (Fsp3) is 0.600. The molecule has 0 aliphatic carbocycles. The predicted octanol–water partition coefficient (Wildman–Crippen LogP) is 2.52. The van der Waals surface area contributed by atoms with Crippen molar-refractivity contribution in [3.8, 4) is 0 Å². The van der Waals surface area contributed by atoms with E-state index >= 15 is 0 Å². The smallest absolute Gasteiger partial charge is 0.148 e. The number of aromatic nitrogens is 2. The molecule has 0 amide bonds. The van der Waals surface area contributed by atoms with Crippen molar-refractivity contribution in [2.24, 2.45) is 0 Å². The Labute approximate surface area is 99.2 Å². The zero-order valence-corrected chi connectivity index (χ0v) is 11.2. The van der Waals surface area contributed by atoms with Crippen LogP contribution in [0, 0.1) is 0 Å². The number of nitrogens with one attached hydrogen (secondary N) is 1. The first kappa shape index (κ1) is 12.2. The number of nitrogens with zero attached hydrogens (tertiary/aromatic N) is 3. The SMILES string of the molecule is CCC(C)N(C)c1ncnc(NC)c1Br. The van der Waals surface area contributed by atoms with E-state index in [4.69, 9.17) is 0 Å². The van der Waals surface area contributed by atoms with Gasteiger partial charge in [-0.15, -0.1) is 0 Å². The topological polar surface area (TPSA) is 41.1 Å². The maximum absolute atomic E-state index is 4.28. The van der Waals surface area contributed by atoms with Gasteiger partial charge in [0.1, 0.15) is 22.4 Å². The molecule has 1 unspecified atom stereocenters. The second-order valence-electron chi connectivity index (χ2n) is 3.48. The van der Waals surface area contributed by atoms with Crippen molar-refractivity contribution in [2.45, 2.75) is 26.3 Å². The van der Waals surface area contributed by atoms with Crippen LogP contribution in [0.25, 0.3) is 0 Å². The number of hydrogen-bond donors (Lipinski definition) is 1. The van der Waals surface area contributed by atoms with Gasteiger partial charge in [-0.3, -0.25) is 0 Å². The van der Waals surface area contributed by atoms with E-state index in [2.05, 4.69) is 50.0 Å². The largest absolute Gasteiger partial charge is 0.372 e. The van der Waals surface area contributed by atoms with Crippen molar-refractivity contribution in [3.05, 3.63) is 10.8 Å². The zero-order chi connectivity index (χ0) is 11.4. The molecule has 0 saturated carbocycles. The highest BCUT2D eigenvalue weighted by molar-refractivity contribution is 9.10. The lowest BCUT2D eigenvalue weighted by atomic mass is 10.2. The third-order valence-electron chi connectivity index (χ3n) is 2.59. The quantitative estimate of drug-likeness (QED) is 0.915. The Morgan fingerprint density at radius 2 is 2.20 bits per heavy atom. The van der Waals surface area contributed by atoms with Crippen molar-refractivity contribution in [1.29, 1.82) is 0 Å². The summed E-state index contributed by atoms with van der Waals surface area (Å²) in [5, 5.41) is 3.02. The van der Waals surface area contributed by atoms with E-state index in [0.717, 1.165) is 22.5 Å². The molecule has 1 rings (SSSR count). The van der Waals surface area contributed by atoms with Gasteiger partial charge in [0, 0.05) is 20.1 Å². The summed E-state index contributed by atoms with van der Waals surface area (Å²) in [7, 11) is 3.89. The highest BCUT2D eigenvalue weighted by Crippen LogP contribution is 2.29. The molecular formula is C10H17BrN4. The van der Waals surface area contributed by atoms with Crippen LogP contribution in [0.2, 0.25) is 0 Å². The Morgan fingerprint density at radius 1 is 1.53 bits per heavy atom. The molecule has 0 bridgehead atoms. The van der Waals surface area contributed by atoms with Crippen LogP contribution >= 0.6 is 15.9 Å². The number of rotatable bonds is 4. The summed E-state index contributed by atoms with van der Waals surface area (Å²) in [6, 6.07) is 0.459. The van der Waals surface area contributed by atoms with Crippen molar-refractivity contribution in [1.82, 2.24) is 9.97 Å². The second kappa shape index (κ2) is 5.30. The average molecular weight is 273 g/mol. The third kappa shape index (κ3) is 2.59. The number of halogens is 1. The van der Waals surface area contributed by atoms with Gasteiger partial charge in [0.25, 0.3) is 0 Å². The Morgan fingerprint density at radius 3 is 2.73 bits per heavy atom. The molecule has 5 heteroatoms. The lowest BCUT2D eigenvalue weighted by Gasteiger charge is -2.26. The number of hydrogen-bond acceptors (Lipinski definition) is 4. The summed E-state index contributed by atoms with van der Waals surface area (Å²) >= 11 is 3.51. The molecule has 1 aromatic rings. The molecule has 0 spiro atoms. The molecule has 0 radical (unpaired) electrons. The summed E-state index contributed by atoms with van der Waals surface area (Å²) in [4.78, 5) is 10.6. The van der Waals surface area contributed by atoms with Crippen LogP contribution < -0.4 is 10.2 Å². The van der Waals surface area contributed by atoms with Crippen molar-refractivity contribution < 1.29 is 0 Å². The van der Waals surface area contributed by atoms with Crippen LogP contribution in [0.5, 0.6) is 0 Å². The fourth-order valence-electron chi connectivity index (χ4n) is 1.26. The summed E-state index contributed by atoms with van der Waals surface area (Å²) < 4.78 is 0.912. The van der Waals surface area contributed by atoms with Crippen LogP contribution in [-0.2, 0) is 0 Å². The Bertz CT molecular complexity index is 329. The summed E-state index contributed by atoms with van der Waals surface area (Å²) in [6.07, 6.45) is 2.66. The first-order valence-corrected chi connectivity index (χ1v) is 5.82. The van der Waals surface area contributed by atoms with Gasteiger partial charge in [-0.1, -0.05) is 6.92 Å². The van der Waals surface area contributed by atoms with Gasteiger partial charge in [0.05, 0.1) is 0 Å². The van der Waals surface area contributed by atoms with Crippen LogP contribution in [-0.4, -0.2) is 30.1 Å². The molecule has 15 heavy (non-hydrogen) atoms. The highest BCUT2D eigenvalue weighted by atomic mass is 79.9. The standard InChI is InChI=1S/C10H17BrN4/c1-5-7(2)15(4)10-8(11)9(12-3)13-6-14-10/h6-7H,5H2,1-4H3,(H,12,13,14). The van der Waals surface area contributed by atoms with Gasteiger partial charge >= 0.3 is 0 Å². The van der Waals surface area contributed by atoms with E-state index in [1.165, 1.54) is 0 Å². The van der Waals surface area contributed by atoms with Gasteiger partial charge in [-0.25, -0.2) is 9.97 Å². The molecule has 0 aliphatic heterocycles. The van der Waals surface area contributed by atoms with Gasteiger partial charge in [0.2, 0.25) is 0 Å². The summed E-state index contributed by atoms with van der Waals surface area (Å²) in [5.41, 5.74) is 0. The van der Waals surface area contributed by atoms with E-state index in [1.54, 1.807) is 6.33 Å². The van der Waals surface area contributed by atoms with Crippen LogP contribution in [0.15, 0.2) is 10.8 Å². The Balaban J connectivity index is 3.03. The first-order chi connectivity index (χ1) is 7.11. The molecule has 0 fully saturated rings. The Hall–Kier alpha value is -0.840. The third-order valence-corrected chi connectivity index (χ3v) is 3.32. The molecule has 1 N–H and O–H groups in total. The van der Waals surface area contributed by atoms with E-state index in [-0.39, 0.29) is 0 Å². The van der Waals surface area contributed by atoms with Gasteiger partial charge in [-0.05, 0) is 29.3 Å². The molecule has 0 aromatic carbocycles. The minimum absolute atomic E-state index is 0.459. The number of anilines is 2. The van der Waals surface area contributed by atoms with E-state index in [1.807, 2.05) is 14.1 Å². The van der Waals surface area contributed by atoms with E-state index in [0.29, 0.717) is 6.04 Å². The Kier molecular flexibility index (Phi) is 4.32. The average Bonchev–Trinajstić information content (AvgIpc) is 2.27. The molecular weight excluding hydrogens is 256 g/mol. The second-order valence-corrected chi connectivity index (χ2v) is 4.27. The normalized spacial score (nSPS) is 12.3. The van der Waals surface area contributed by atoms with Crippen LogP contribution in [0.1, 0.15) is 20.3 Å². The van der Waals surface area contributed by atoms with Gasteiger partial charge in [0.15, 0.2) is 0 Å². The molecule has 1 aromatic heterocycles. The van der Waals surface area contributed by atoms with Crippen molar-refractivity contribution in [3.63, 3.8) is 0 Å². The van der Waals surface area contributed by atoms with Crippen molar-refractivity contribution in [2.75, 3.05) is 24.3 Å². The lowest BCUT2D eigenvalue weighted by molar-refractivity contribution is 0.655. The maximum atomic E-state index is 4.28. The maximum Gasteiger partial charge on any atom is 0.148 e. The molecule has 0 aliphatic rings. The molecule has 0 saturated heterocycles. The van der Waals surface area contributed by atoms with E-state index < -0.39 is 0 Å². The van der Waals surface area contributed by atoms with Crippen LogP contribution in [0.3, 0.4) is 0 Å². The highest BCUT2D eigenvalue weighted by Gasteiger charge is 2.15. The molecule has 1 heterocycles. The minimum Gasteiger partial charge on any atom is -0.372 e. The zero-order valence-electron chi connectivity index (χ0n) is 9.58. The summed E-state index contributed by atoms with van der Waals surface area (Å²) in [6.45, 7) is 4.34. The lowest BCUT2D eigenvalue weighted by Crippen LogP contribution is -2.29. The predicted molar refractivity (Wildman–Crippen MR) is 67.4 cm³/mol. The van der Waals surface area contributed by atoms with Crippen molar-refractivity contribution >= 4 is 27.6 Å². The first-order valence-electron chi connectivity index (χ1n) is 5.02. The molecule has 4 nitrogen and oxygen atoms in total. The minimum atomic E-state index is 0.459.